The normalized spacial score (nSPS) is 12.0. The van der Waals surface area contributed by atoms with Crippen LogP contribution < -0.4 is 5.32 Å². The van der Waals surface area contributed by atoms with Crippen molar-refractivity contribution in [3.05, 3.63) is 71.1 Å². The molecule has 0 bridgehead atoms. The molecule has 0 aliphatic rings. The molecule has 2 aromatic rings. The highest BCUT2D eigenvalue weighted by molar-refractivity contribution is 5.96. The van der Waals surface area contributed by atoms with Crippen LogP contribution in [0.15, 0.2) is 42.5 Å². The maximum atomic E-state index is 13.5. The molecule has 0 saturated heterocycles. The first-order chi connectivity index (χ1) is 12.3. The van der Waals surface area contributed by atoms with Crippen molar-refractivity contribution in [1.29, 1.82) is 0 Å². The molecule has 2 rings (SSSR count). The summed E-state index contributed by atoms with van der Waals surface area (Å²) in [7, 11) is 0. The number of rotatable bonds is 5. The second-order valence-electron chi connectivity index (χ2n) is 5.48. The summed E-state index contributed by atoms with van der Waals surface area (Å²) in [6.45, 7) is 3.14. The molecule has 4 nitrogen and oxygen atoms in total. The van der Waals surface area contributed by atoms with E-state index in [0.29, 0.717) is 6.07 Å². The van der Waals surface area contributed by atoms with E-state index in [-0.39, 0.29) is 0 Å². The van der Waals surface area contributed by atoms with Crippen LogP contribution in [0.3, 0.4) is 0 Å². The third-order valence-corrected chi connectivity index (χ3v) is 3.54. The Kier molecular flexibility index (Phi) is 6.16. The topological polar surface area (TPSA) is 55.4 Å². The predicted octanol–water partition coefficient (Wildman–Crippen LogP) is 4.00. The zero-order valence-electron chi connectivity index (χ0n) is 14.1. The lowest BCUT2D eigenvalue weighted by atomic mass is 10.1. The van der Waals surface area contributed by atoms with Crippen LogP contribution in [0.5, 0.6) is 0 Å². The van der Waals surface area contributed by atoms with Gasteiger partial charge >= 0.3 is 5.97 Å². The van der Waals surface area contributed by atoms with Crippen molar-refractivity contribution in [2.45, 2.75) is 20.0 Å². The molecular formula is C19H16F3NO3. The van der Waals surface area contributed by atoms with Gasteiger partial charge in [0.1, 0.15) is 0 Å². The van der Waals surface area contributed by atoms with Gasteiger partial charge in [0.2, 0.25) is 0 Å². The number of anilines is 1. The van der Waals surface area contributed by atoms with E-state index in [1.165, 1.54) is 13.0 Å². The summed E-state index contributed by atoms with van der Waals surface area (Å²) in [6.07, 6.45) is 1.43. The molecule has 1 amide bonds. The van der Waals surface area contributed by atoms with Gasteiger partial charge < -0.3 is 10.1 Å². The average molecular weight is 363 g/mol. The Morgan fingerprint density at radius 1 is 1.08 bits per heavy atom. The fourth-order valence-corrected chi connectivity index (χ4v) is 2.06. The number of hydrogen-bond donors (Lipinski definition) is 1. The Bertz CT molecular complexity index is 865. The average Bonchev–Trinajstić information content (AvgIpc) is 2.61. The molecule has 7 heteroatoms. The van der Waals surface area contributed by atoms with Crippen LogP contribution in [0.2, 0.25) is 0 Å². The minimum atomic E-state index is -1.70. The van der Waals surface area contributed by atoms with Gasteiger partial charge in [-0.3, -0.25) is 4.79 Å². The molecule has 1 atom stereocenters. The van der Waals surface area contributed by atoms with Gasteiger partial charge in [0, 0.05) is 6.08 Å². The van der Waals surface area contributed by atoms with Crippen LogP contribution in [-0.4, -0.2) is 18.0 Å². The van der Waals surface area contributed by atoms with Gasteiger partial charge in [0.05, 0.1) is 5.69 Å². The standard InChI is InChI=1S/C19H16F3NO3/c1-11-5-3-4-6-13(11)7-10-16(24)26-12(2)19(25)23-15-9-8-14(20)17(21)18(15)22/h3-10,12H,1-2H3,(H,23,25)/b10-7+/t12-/m1/s1. The lowest BCUT2D eigenvalue weighted by Gasteiger charge is -2.13. The van der Waals surface area contributed by atoms with Crippen molar-refractivity contribution in [2.75, 3.05) is 5.32 Å². The summed E-state index contributed by atoms with van der Waals surface area (Å²) in [6, 6.07) is 8.89. The zero-order valence-corrected chi connectivity index (χ0v) is 14.1. The Morgan fingerprint density at radius 2 is 1.77 bits per heavy atom. The SMILES string of the molecule is Cc1ccccc1/C=C/C(=O)O[C@H](C)C(=O)Nc1ccc(F)c(F)c1F. The van der Waals surface area contributed by atoms with E-state index in [1.807, 2.05) is 30.4 Å². The number of hydrogen-bond acceptors (Lipinski definition) is 3. The zero-order chi connectivity index (χ0) is 19.3. The molecule has 0 fully saturated rings. The molecule has 0 spiro atoms. The van der Waals surface area contributed by atoms with Gasteiger partial charge in [-0.15, -0.1) is 0 Å². The fourth-order valence-electron chi connectivity index (χ4n) is 2.06. The van der Waals surface area contributed by atoms with Crippen LogP contribution in [0.4, 0.5) is 18.9 Å². The Labute approximate surface area is 148 Å². The monoisotopic (exact) mass is 363 g/mol. The quantitative estimate of drug-likeness (QED) is 0.496. The minimum Gasteiger partial charge on any atom is -0.449 e. The van der Waals surface area contributed by atoms with E-state index in [1.54, 1.807) is 6.07 Å². The predicted molar refractivity (Wildman–Crippen MR) is 90.7 cm³/mol. The molecule has 0 aliphatic heterocycles. The summed E-state index contributed by atoms with van der Waals surface area (Å²) >= 11 is 0. The summed E-state index contributed by atoms with van der Waals surface area (Å²) in [5.74, 6) is -6.26. The Balaban J connectivity index is 1.97. The van der Waals surface area contributed by atoms with Crippen molar-refractivity contribution in [2.24, 2.45) is 0 Å². The van der Waals surface area contributed by atoms with Crippen molar-refractivity contribution in [1.82, 2.24) is 0 Å². The molecule has 0 radical (unpaired) electrons. The van der Waals surface area contributed by atoms with Crippen molar-refractivity contribution in [3.8, 4) is 0 Å². The first-order valence-electron chi connectivity index (χ1n) is 7.68. The van der Waals surface area contributed by atoms with Crippen LogP contribution in [0.1, 0.15) is 18.1 Å². The number of benzene rings is 2. The van der Waals surface area contributed by atoms with E-state index in [4.69, 9.17) is 4.74 Å². The molecule has 2 aromatic carbocycles. The number of ether oxygens (including phenoxy) is 1. The van der Waals surface area contributed by atoms with Gasteiger partial charge in [0.25, 0.3) is 5.91 Å². The largest absolute Gasteiger partial charge is 0.449 e. The molecule has 136 valence electrons. The van der Waals surface area contributed by atoms with Crippen LogP contribution in [0, 0.1) is 24.4 Å². The maximum absolute atomic E-state index is 13.5. The number of aryl methyl sites for hydroxylation is 1. The highest BCUT2D eigenvalue weighted by atomic mass is 19.2. The van der Waals surface area contributed by atoms with Crippen molar-refractivity contribution >= 4 is 23.6 Å². The van der Waals surface area contributed by atoms with E-state index >= 15 is 0 Å². The fraction of sp³-hybridized carbons (Fsp3) is 0.158. The summed E-state index contributed by atoms with van der Waals surface area (Å²) < 4.78 is 44.5. The molecular weight excluding hydrogens is 347 g/mol. The highest BCUT2D eigenvalue weighted by Crippen LogP contribution is 2.20. The lowest BCUT2D eigenvalue weighted by Crippen LogP contribution is -2.29. The highest BCUT2D eigenvalue weighted by Gasteiger charge is 2.20. The second kappa shape index (κ2) is 8.33. The molecule has 26 heavy (non-hydrogen) atoms. The molecule has 0 aliphatic carbocycles. The van der Waals surface area contributed by atoms with Gasteiger partial charge in [0.15, 0.2) is 23.6 Å². The van der Waals surface area contributed by atoms with Gasteiger partial charge in [-0.2, -0.15) is 0 Å². The maximum Gasteiger partial charge on any atom is 0.331 e. The number of amides is 1. The van der Waals surface area contributed by atoms with Crippen molar-refractivity contribution < 1.29 is 27.5 Å². The number of carbonyl (C=O) groups is 2. The minimum absolute atomic E-state index is 0.549. The molecule has 0 saturated carbocycles. The summed E-state index contributed by atoms with van der Waals surface area (Å²) in [4.78, 5) is 23.7. The third kappa shape index (κ3) is 4.72. The number of nitrogens with one attached hydrogen (secondary N) is 1. The van der Waals surface area contributed by atoms with E-state index in [0.717, 1.165) is 23.3 Å². The summed E-state index contributed by atoms with van der Waals surface area (Å²) in [5, 5.41) is 2.04. The van der Waals surface area contributed by atoms with E-state index in [9.17, 15) is 22.8 Å². The van der Waals surface area contributed by atoms with Crippen LogP contribution >= 0.6 is 0 Å². The number of carbonyl (C=O) groups excluding carboxylic acids is 2. The third-order valence-electron chi connectivity index (χ3n) is 3.54. The Morgan fingerprint density at radius 3 is 2.46 bits per heavy atom. The first kappa shape index (κ1) is 19.2. The summed E-state index contributed by atoms with van der Waals surface area (Å²) in [5.41, 5.74) is 1.22. The van der Waals surface area contributed by atoms with Gasteiger partial charge in [-0.25, -0.2) is 18.0 Å². The van der Waals surface area contributed by atoms with Crippen LogP contribution in [-0.2, 0) is 14.3 Å². The second-order valence-corrected chi connectivity index (χ2v) is 5.48. The molecule has 0 heterocycles. The molecule has 0 unspecified atom stereocenters. The molecule has 0 aromatic heterocycles. The lowest BCUT2D eigenvalue weighted by molar-refractivity contribution is -0.148. The van der Waals surface area contributed by atoms with E-state index in [2.05, 4.69) is 0 Å². The van der Waals surface area contributed by atoms with Gasteiger partial charge in [-0.05, 0) is 43.2 Å². The van der Waals surface area contributed by atoms with Crippen molar-refractivity contribution in [3.63, 3.8) is 0 Å². The number of halogens is 3. The Hall–Kier alpha value is -3.09. The number of esters is 1. The van der Waals surface area contributed by atoms with Gasteiger partial charge in [-0.1, -0.05) is 24.3 Å². The first-order valence-corrected chi connectivity index (χ1v) is 7.68. The van der Waals surface area contributed by atoms with Crippen LogP contribution in [0.25, 0.3) is 6.08 Å². The smallest absolute Gasteiger partial charge is 0.331 e. The molecule has 1 N–H and O–H groups in total. The van der Waals surface area contributed by atoms with E-state index < -0.39 is 41.1 Å².